The number of hydrogen-bond acceptors (Lipinski definition) is 2. The zero-order valence-electron chi connectivity index (χ0n) is 9.43. The van der Waals surface area contributed by atoms with Gasteiger partial charge in [-0.3, -0.25) is 0 Å². The van der Waals surface area contributed by atoms with E-state index in [1.165, 1.54) is 0 Å². The second-order valence-corrected chi connectivity index (χ2v) is 4.13. The highest BCUT2D eigenvalue weighted by Crippen LogP contribution is 2.14. The summed E-state index contributed by atoms with van der Waals surface area (Å²) in [4.78, 5) is 0. The van der Waals surface area contributed by atoms with Crippen LogP contribution in [0.1, 0.15) is 25.8 Å². The van der Waals surface area contributed by atoms with Crippen LogP contribution >= 0.6 is 0 Å². The molecule has 0 fully saturated rings. The molecular weight excluding hydrogens is 188 g/mol. The molecule has 1 aromatic rings. The van der Waals surface area contributed by atoms with Crippen molar-refractivity contribution in [3.05, 3.63) is 35.9 Å². The average Bonchev–Trinajstić information content (AvgIpc) is 2.28. The van der Waals surface area contributed by atoms with Crippen LogP contribution in [-0.2, 0) is 6.42 Å². The highest BCUT2D eigenvalue weighted by Gasteiger charge is 2.21. The molecule has 0 saturated carbocycles. The first-order valence-corrected chi connectivity index (χ1v) is 5.55. The minimum absolute atomic E-state index is 0.142. The van der Waals surface area contributed by atoms with Crippen LogP contribution in [0.2, 0.25) is 0 Å². The molecule has 0 saturated heterocycles. The van der Waals surface area contributed by atoms with E-state index in [2.05, 4.69) is 0 Å². The normalized spacial score (nSPS) is 17.1. The molecule has 0 aliphatic carbocycles. The van der Waals surface area contributed by atoms with Crippen LogP contribution in [0, 0.1) is 5.92 Å². The standard InChI is InChI=1S/C13H20O2/c1-3-10(2)13(15)12(14)9-11-7-5-4-6-8-11/h4-8,10,12-15H,3,9H2,1-2H3/t10-,12-,13-/m0/s1. The Balaban J connectivity index is 2.52. The van der Waals surface area contributed by atoms with E-state index >= 15 is 0 Å². The van der Waals surface area contributed by atoms with E-state index in [9.17, 15) is 10.2 Å². The topological polar surface area (TPSA) is 40.5 Å². The summed E-state index contributed by atoms with van der Waals surface area (Å²) in [5.74, 6) is 0.142. The van der Waals surface area contributed by atoms with Gasteiger partial charge in [0.05, 0.1) is 12.2 Å². The highest BCUT2D eigenvalue weighted by molar-refractivity contribution is 5.15. The average molecular weight is 208 g/mol. The van der Waals surface area contributed by atoms with Crippen LogP contribution in [0.15, 0.2) is 30.3 Å². The van der Waals surface area contributed by atoms with Crippen molar-refractivity contribution in [3.63, 3.8) is 0 Å². The van der Waals surface area contributed by atoms with Crippen LogP contribution in [0.3, 0.4) is 0 Å². The summed E-state index contributed by atoms with van der Waals surface area (Å²) >= 11 is 0. The van der Waals surface area contributed by atoms with Gasteiger partial charge in [0.1, 0.15) is 0 Å². The van der Waals surface area contributed by atoms with Crippen molar-refractivity contribution in [2.75, 3.05) is 0 Å². The smallest absolute Gasteiger partial charge is 0.0841 e. The number of hydrogen-bond donors (Lipinski definition) is 2. The largest absolute Gasteiger partial charge is 0.390 e. The molecular formula is C13H20O2. The van der Waals surface area contributed by atoms with E-state index in [0.717, 1.165) is 12.0 Å². The zero-order valence-corrected chi connectivity index (χ0v) is 9.43. The molecule has 0 aromatic heterocycles. The van der Waals surface area contributed by atoms with E-state index in [0.29, 0.717) is 6.42 Å². The van der Waals surface area contributed by atoms with Gasteiger partial charge in [-0.15, -0.1) is 0 Å². The number of aliphatic hydroxyl groups excluding tert-OH is 2. The molecule has 0 spiro atoms. The van der Waals surface area contributed by atoms with E-state index in [4.69, 9.17) is 0 Å². The maximum atomic E-state index is 9.82. The lowest BCUT2D eigenvalue weighted by Crippen LogP contribution is -2.33. The molecule has 84 valence electrons. The molecule has 1 aromatic carbocycles. The third-order valence-electron chi connectivity index (χ3n) is 2.91. The van der Waals surface area contributed by atoms with Gasteiger partial charge in [0.15, 0.2) is 0 Å². The predicted octanol–water partition coefficient (Wildman–Crippen LogP) is 2.00. The van der Waals surface area contributed by atoms with Gasteiger partial charge in [0.2, 0.25) is 0 Å². The molecule has 0 unspecified atom stereocenters. The summed E-state index contributed by atoms with van der Waals surface area (Å²) in [6.45, 7) is 3.97. The highest BCUT2D eigenvalue weighted by atomic mass is 16.3. The van der Waals surface area contributed by atoms with Crippen molar-refractivity contribution in [3.8, 4) is 0 Å². The Morgan fingerprint density at radius 3 is 2.27 bits per heavy atom. The van der Waals surface area contributed by atoms with Gasteiger partial charge < -0.3 is 10.2 Å². The number of aliphatic hydroxyl groups is 2. The fourth-order valence-electron chi connectivity index (χ4n) is 1.60. The van der Waals surface area contributed by atoms with Gasteiger partial charge in [-0.2, -0.15) is 0 Å². The predicted molar refractivity (Wildman–Crippen MR) is 61.6 cm³/mol. The van der Waals surface area contributed by atoms with Crippen molar-refractivity contribution in [1.82, 2.24) is 0 Å². The second-order valence-electron chi connectivity index (χ2n) is 4.13. The summed E-state index contributed by atoms with van der Waals surface area (Å²) in [7, 11) is 0. The molecule has 3 atom stereocenters. The second kappa shape index (κ2) is 5.89. The van der Waals surface area contributed by atoms with E-state index in [1.807, 2.05) is 44.2 Å². The fraction of sp³-hybridized carbons (Fsp3) is 0.538. The molecule has 2 N–H and O–H groups in total. The molecule has 2 heteroatoms. The molecule has 0 aliphatic rings. The van der Waals surface area contributed by atoms with Gasteiger partial charge >= 0.3 is 0 Å². The Morgan fingerprint density at radius 2 is 1.73 bits per heavy atom. The van der Waals surface area contributed by atoms with Crippen molar-refractivity contribution in [2.45, 2.75) is 38.9 Å². The monoisotopic (exact) mass is 208 g/mol. The molecule has 0 aliphatic heterocycles. The number of rotatable bonds is 5. The third-order valence-corrected chi connectivity index (χ3v) is 2.91. The van der Waals surface area contributed by atoms with Gasteiger partial charge in [0, 0.05) is 6.42 Å². The summed E-state index contributed by atoms with van der Waals surface area (Å²) in [5, 5.41) is 19.6. The Kier molecular flexibility index (Phi) is 4.79. The summed E-state index contributed by atoms with van der Waals surface area (Å²) < 4.78 is 0. The molecule has 1 rings (SSSR count). The molecule has 2 nitrogen and oxygen atoms in total. The van der Waals surface area contributed by atoms with E-state index in [1.54, 1.807) is 0 Å². The minimum atomic E-state index is -0.664. The van der Waals surface area contributed by atoms with Gasteiger partial charge in [-0.1, -0.05) is 50.6 Å². The summed E-state index contributed by atoms with van der Waals surface area (Å²) in [6, 6.07) is 9.76. The zero-order chi connectivity index (χ0) is 11.3. The Bertz CT molecular complexity index is 271. The van der Waals surface area contributed by atoms with Crippen LogP contribution in [0.5, 0.6) is 0 Å². The van der Waals surface area contributed by atoms with Crippen LogP contribution in [0.4, 0.5) is 0 Å². The molecule has 0 heterocycles. The van der Waals surface area contributed by atoms with Crippen LogP contribution in [-0.4, -0.2) is 22.4 Å². The summed E-state index contributed by atoms with van der Waals surface area (Å²) in [6.07, 6.45) is 0.108. The van der Waals surface area contributed by atoms with Gasteiger partial charge in [-0.05, 0) is 11.5 Å². The molecule has 0 radical (unpaired) electrons. The lowest BCUT2D eigenvalue weighted by Gasteiger charge is -2.22. The van der Waals surface area contributed by atoms with Crippen molar-refractivity contribution in [1.29, 1.82) is 0 Å². The fourth-order valence-corrected chi connectivity index (χ4v) is 1.60. The Morgan fingerprint density at radius 1 is 1.13 bits per heavy atom. The maximum absolute atomic E-state index is 9.82. The molecule has 0 amide bonds. The first kappa shape index (κ1) is 12.2. The first-order valence-electron chi connectivity index (χ1n) is 5.55. The molecule has 0 bridgehead atoms. The quantitative estimate of drug-likeness (QED) is 0.777. The van der Waals surface area contributed by atoms with Crippen LogP contribution < -0.4 is 0 Å². The first-order chi connectivity index (χ1) is 7.15. The van der Waals surface area contributed by atoms with Crippen molar-refractivity contribution < 1.29 is 10.2 Å². The Labute approximate surface area is 91.6 Å². The lowest BCUT2D eigenvalue weighted by molar-refractivity contribution is -0.0128. The van der Waals surface area contributed by atoms with E-state index in [-0.39, 0.29) is 5.92 Å². The van der Waals surface area contributed by atoms with Gasteiger partial charge in [-0.25, -0.2) is 0 Å². The SMILES string of the molecule is CC[C@H](C)[C@H](O)[C@@H](O)Cc1ccccc1. The number of benzene rings is 1. The van der Waals surface area contributed by atoms with Crippen molar-refractivity contribution in [2.24, 2.45) is 5.92 Å². The van der Waals surface area contributed by atoms with Crippen molar-refractivity contribution >= 4 is 0 Å². The minimum Gasteiger partial charge on any atom is -0.390 e. The third kappa shape index (κ3) is 3.65. The van der Waals surface area contributed by atoms with Gasteiger partial charge in [0.25, 0.3) is 0 Å². The molecule has 15 heavy (non-hydrogen) atoms. The summed E-state index contributed by atoms with van der Waals surface area (Å²) in [5.41, 5.74) is 1.06. The Hall–Kier alpha value is -0.860. The van der Waals surface area contributed by atoms with Crippen LogP contribution in [0.25, 0.3) is 0 Å². The lowest BCUT2D eigenvalue weighted by atomic mass is 9.93. The van der Waals surface area contributed by atoms with E-state index < -0.39 is 12.2 Å². The maximum Gasteiger partial charge on any atom is 0.0841 e.